The Morgan fingerprint density at radius 2 is 1.80 bits per heavy atom. The minimum atomic E-state index is -1.06. The number of carbonyl (C=O) groups is 4. The van der Waals surface area contributed by atoms with Crippen molar-refractivity contribution in [2.24, 2.45) is 0 Å². The van der Waals surface area contributed by atoms with E-state index in [1.165, 1.54) is 18.2 Å². The number of nitrogens with zero attached hydrogens (tertiary/aromatic N) is 2. The van der Waals surface area contributed by atoms with Gasteiger partial charge in [0.2, 0.25) is 0 Å². The first-order chi connectivity index (χ1) is 16.9. The summed E-state index contributed by atoms with van der Waals surface area (Å²) in [7, 11) is 0. The van der Waals surface area contributed by atoms with E-state index < -0.39 is 29.8 Å². The minimum Gasteiger partial charge on any atom is -0.449 e. The van der Waals surface area contributed by atoms with Crippen LogP contribution in [0.5, 0.6) is 0 Å². The molecule has 2 aromatic carbocycles. The fraction of sp³-hybridized carbons (Fsp3) is 0.269. The number of ether oxygens (including phenoxy) is 1. The Morgan fingerprint density at radius 1 is 1.06 bits per heavy atom. The molecule has 0 bridgehead atoms. The molecule has 4 rings (SSSR count). The van der Waals surface area contributed by atoms with Gasteiger partial charge in [-0.3, -0.25) is 19.3 Å². The minimum absolute atomic E-state index is 0.0815. The van der Waals surface area contributed by atoms with Crippen molar-refractivity contribution in [2.45, 2.75) is 45.8 Å². The van der Waals surface area contributed by atoms with Gasteiger partial charge in [-0.1, -0.05) is 48.8 Å². The lowest BCUT2D eigenvalue weighted by Crippen LogP contribution is -2.32. The van der Waals surface area contributed by atoms with Crippen molar-refractivity contribution >= 4 is 29.5 Å². The molecule has 2 heterocycles. The van der Waals surface area contributed by atoms with Crippen LogP contribution in [0.25, 0.3) is 0 Å². The van der Waals surface area contributed by atoms with E-state index in [1.807, 2.05) is 37.3 Å². The highest BCUT2D eigenvalue weighted by Gasteiger charge is 2.36. The number of esters is 1. The normalized spacial score (nSPS) is 13.5. The number of anilines is 1. The largest absolute Gasteiger partial charge is 0.449 e. The van der Waals surface area contributed by atoms with Gasteiger partial charge in [-0.2, -0.15) is 0 Å². The number of rotatable bonds is 9. The molecule has 1 unspecified atom stereocenters. The number of nitrogens with one attached hydrogen (secondary N) is 1. The van der Waals surface area contributed by atoms with Crippen molar-refractivity contribution in [3.63, 3.8) is 0 Å². The molecule has 3 amide bonds. The van der Waals surface area contributed by atoms with Gasteiger partial charge in [0.05, 0.1) is 23.2 Å². The lowest BCUT2D eigenvalue weighted by molar-refractivity contribution is -0.125. The summed E-state index contributed by atoms with van der Waals surface area (Å²) in [5.74, 6) is -1.43. The number of fused-ring (bicyclic) bond motifs is 1. The summed E-state index contributed by atoms with van der Waals surface area (Å²) < 4.78 is 10.5. The van der Waals surface area contributed by atoms with Crippen LogP contribution in [0.4, 0.5) is 5.82 Å². The van der Waals surface area contributed by atoms with Crippen LogP contribution >= 0.6 is 0 Å². The first-order valence-corrected chi connectivity index (χ1v) is 11.4. The topological polar surface area (TPSA) is 119 Å². The summed E-state index contributed by atoms with van der Waals surface area (Å²) in [6, 6.07) is 14.9. The van der Waals surface area contributed by atoms with Gasteiger partial charge >= 0.3 is 5.97 Å². The van der Waals surface area contributed by atoms with Crippen LogP contribution in [-0.2, 0) is 16.1 Å². The first-order valence-electron chi connectivity index (χ1n) is 11.4. The molecule has 0 spiro atoms. The first kappa shape index (κ1) is 23.9. The van der Waals surface area contributed by atoms with E-state index in [0.717, 1.165) is 16.9 Å². The molecule has 0 fully saturated rings. The molecule has 35 heavy (non-hydrogen) atoms. The molecule has 180 valence electrons. The molecule has 0 saturated carbocycles. The summed E-state index contributed by atoms with van der Waals surface area (Å²) in [6.07, 6.45) is 0.726. The van der Waals surface area contributed by atoms with Gasteiger partial charge in [0.25, 0.3) is 17.7 Å². The molecule has 9 nitrogen and oxygen atoms in total. The highest BCUT2D eigenvalue weighted by Crippen LogP contribution is 2.26. The smallest absolute Gasteiger partial charge is 0.338 e. The van der Waals surface area contributed by atoms with E-state index >= 15 is 0 Å². The van der Waals surface area contributed by atoms with Gasteiger partial charge < -0.3 is 14.6 Å². The van der Waals surface area contributed by atoms with Crippen molar-refractivity contribution in [3.8, 4) is 0 Å². The number of imide groups is 1. The molecular formula is C26H25N3O6. The average Bonchev–Trinajstić information content (AvgIpc) is 3.37. The number of aryl methyl sites for hydroxylation is 1. The average molecular weight is 476 g/mol. The second-order valence-electron chi connectivity index (χ2n) is 8.29. The Bertz CT molecular complexity index is 1270. The Kier molecular flexibility index (Phi) is 7.05. The predicted molar refractivity (Wildman–Crippen MR) is 126 cm³/mol. The molecule has 1 aliphatic rings. The van der Waals surface area contributed by atoms with Crippen LogP contribution < -0.4 is 5.32 Å². The SMILES string of the molecule is CCCCC(OC(=O)c1ccc2c(c1)C(=O)N(Cc1ccccc1)C2=O)C(=O)Nc1cc(C)on1. The third-order valence-corrected chi connectivity index (χ3v) is 5.63. The number of aromatic nitrogens is 1. The number of unbranched alkanes of at least 4 members (excludes halogenated alkanes) is 1. The van der Waals surface area contributed by atoms with Crippen LogP contribution in [0.2, 0.25) is 0 Å². The summed E-state index contributed by atoms with van der Waals surface area (Å²) in [5, 5.41) is 6.31. The Hall–Kier alpha value is -4.27. The molecule has 1 aromatic heterocycles. The van der Waals surface area contributed by atoms with Gasteiger partial charge in [0.15, 0.2) is 11.9 Å². The quantitative estimate of drug-likeness (QED) is 0.365. The molecule has 0 radical (unpaired) electrons. The second-order valence-corrected chi connectivity index (χ2v) is 8.29. The molecule has 3 aromatic rings. The van der Waals surface area contributed by atoms with Crippen molar-refractivity contribution in [2.75, 3.05) is 5.32 Å². The van der Waals surface area contributed by atoms with E-state index in [2.05, 4.69) is 10.5 Å². The third kappa shape index (κ3) is 5.29. The Labute approximate surface area is 202 Å². The van der Waals surface area contributed by atoms with Gasteiger partial charge in [0, 0.05) is 6.07 Å². The fourth-order valence-corrected chi connectivity index (χ4v) is 3.79. The lowest BCUT2D eigenvalue weighted by atomic mass is 10.1. The molecule has 1 aliphatic heterocycles. The fourth-order valence-electron chi connectivity index (χ4n) is 3.79. The van der Waals surface area contributed by atoms with Crippen molar-refractivity contribution in [1.82, 2.24) is 10.1 Å². The predicted octanol–water partition coefficient (Wildman–Crippen LogP) is 4.13. The van der Waals surface area contributed by atoms with Crippen LogP contribution in [-0.4, -0.2) is 39.9 Å². The maximum absolute atomic E-state index is 12.9. The number of hydrogen-bond donors (Lipinski definition) is 1. The van der Waals surface area contributed by atoms with E-state index in [4.69, 9.17) is 9.26 Å². The van der Waals surface area contributed by atoms with Gasteiger partial charge in [-0.25, -0.2) is 4.79 Å². The molecule has 0 aliphatic carbocycles. The number of hydrogen-bond acceptors (Lipinski definition) is 7. The summed E-state index contributed by atoms with van der Waals surface area (Å²) in [6.45, 7) is 3.79. The van der Waals surface area contributed by atoms with Crippen LogP contribution in [0.3, 0.4) is 0 Å². The molecule has 9 heteroatoms. The third-order valence-electron chi connectivity index (χ3n) is 5.63. The van der Waals surface area contributed by atoms with Crippen LogP contribution in [0.1, 0.15) is 68.6 Å². The molecule has 1 N–H and O–H groups in total. The number of benzene rings is 2. The zero-order chi connectivity index (χ0) is 24.9. The number of carbonyl (C=O) groups excluding carboxylic acids is 4. The van der Waals surface area contributed by atoms with Gasteiger partial charge in [0.1, 0.15) is 5.76 Å². The Balaban J connectivity index is 1.49. The standard InChI is InChI=1S/C26H25N3O6/c1-3-4-10-21(23(30)27-22-13-16(2)35-28-22)34-26(33)18-11-12-19-20(14-18)25(32)29(24(19)31)15-17-8-6-5-7-9-17/h5-9,11-14,21H,3-4,10,15H2,1-2H3,(H,27,28,30). The monoisotopic (exact) mass is 475 g/mol. The Morgan fingerprint density at radius 3 is 2.49 bits per heavy atom. The van der Waals surface area contributed by atoms with Crippen molar-refractivity contribution < 1.29 is 28.4 Å². The van der Waals surface area contributed by atoms with Crippen molar-refractivity contribution in [3.05, 3.63) is 82.6 Å². The zero-order valence-electron chi connectivity index (χ0n) is 19.4. The summed E-state index contributed by atoms with van der Waals surface area (Å²) in [5.41, 5.74) is 1.25. The van der Waals surface area contributed by atoms with Crippen LogP contribution in [0.15, 0.2) is 59.1 Å². The highest BCUT2D eigenvalue weighted by atomic mass is 16.5. The molecular weight excluding hydrogens is 450 g/mol. The summed E-state index contributed by atoms with van der Waals surface area (Å²) >= 11 is 0. The van der Waals surface area contributed by atoms with E-state index in [1.54, 1.807) is 13.0 Å². The maximum Gasteiger partial charge on any atom is 0.338 e. The maximum atomic E-state index is 12.9. The second kappa shape index (κ2) is 10.3. The van der Waals surface area contributed by atoms with Crippen LogP contribution in [0, 0.1) is 6.92 Å². The highest BCUT2D eigenvalue weighted by molar-refractivity contribution is 6.21. The zero-order valence-corrected chi connectivity index (χ0v) is 19.4. The van der Waals surface area contributed by atoms with E-state index in [9.17, 15) is 19.2 Å². The summed E-state index contributed by atoms with van der Waals surface area (Å²) in [4.78, 5) is 52.5. The van der Waals surface area contributed by atoms with E-state index in [0.29, 0.717) is 18.6 Å². The lowest BCUT2D eigenvalue weighted by Gasteiger charge is -2.17. The van der Waals surface area contributed by atoms with Gasteiger partial charge in [-0.15, -0.1) is 0 Å². The van der Waals surface area contributed by atoms with Crippen molar-refractivity contribution in [1.29, 1.82) is 0 Å². The van der Waals surface area contributed by atoms with Gasteiger partial charge in [-0.05, 0) is 43.5 Å². The molecule has 0 saturated heterocycles. The molecule has 1 atom stereocenters. The number of amides is 3. The van der Waals surface area contributed by atoms with E-state index in [-0.39, 0.29) is 29.1 Å².